The summed E-state index contributed by atoms with van der Waals surface area (Å²) in [6.07, 6.45) is 2.44. The Labute approximate surface area is 109 Å². The van der Waals surface area contributed by atoms with E-state index >= 15 is 0 Å². The largest absolute Gasteiger partial charge is 0.508 e. The van der Waals surface area contributed by atoms with Gasteiger partial charge in [-0.15, -0.1) is 11.3 Å². The molecule has 0 unspecified atom stereocenters. The van der Waals surface area contributed by atoms with E-state index in [0.29, 0.717) is 5.56 Å². The van der Waals surface area contributed by atoms with E-state index in [-0.39, 0.29) is 11.5 Å². The van der Waals surface area contributed by atoms with Gasteiger partial charge in [0.15, 0.2) is 5.13 Å². The maximum atomic E-state index is 9.81. The van der Waals surface area contributed by atoms with Crippen LogP contribution in [-0.4, -0.2) is 28.3 Å². The molecule has 2 heterocycles. The molecular formula is C13H14N2O2S. The Kier molecular flexibility index (Phi) is 2.83. The van der Waals surface area contributed by atoms with Gasteiger partial charge in [0, 0.05) is 30.1 Å². The highest BCUT2D eigenvalue weighted by Crippen LogP contribution is 2.35. The average Bonchev–Trinajstić information content (AvgIpc) is 2.99. The number of anilines is 1. The number of phenolic OH excluding ortho intramolecular Hbond substituents is 2. The van der Waals surface area contributed by atoms with Crippen LogP contribution in [0.2, 0.25) is 0 Å². The number of aromatic hydroxyl groups is 2. The standard InChI is InChI=1S/C13H14N2O2S/c16-9-3-4-10(12(17)7-9)11-8-18-13(14-11)15-5-1-2-6-15/h3-4,7-8,16-17H,1-2,5-6H2. The monoisotopic (exact) mass is 262 g/mol. The van der Waals surface area contributed by atoms with E-state index in [0.717, 1.165) is 23.9 Å². The Morgan fingerprint density at radius 1 is 1.17 bits per heavy atom. The molecule has 1 aromatic heterocycles. The fraction of sp³-hybridized carbons (Fsp3) is 0.308. The summed E-state index contributed by atoms with van der Waals surface area (Å²) in [7, 11) is 0. The molecule has 0 amide bonds. The quantitative estimate of drug-likeness (QED) is 0.873. The van der Waals surface area contributed by atoms with Crippen molar-refractivity contribution in [2.45, 2.75) is 12.8 Å². The molecule has 0 saturated carbocycles. The van der Waals surface area contributed by atoms with Crippen molar-refractivity contribution in [3.05, 3.63) is 23.6 Å². The zero-order valence-corrected chi connectivity index (χ0v) is 10.7. The number of hydrogen-bond donors (Lipinski definition) is 2. The Morgan fingerprint density at radius 2 is 1.94 bits per heavy atom. The summed E-state index contributed by atoms with van der Waals surface area (Å²) in [5.41, 5.74) is 1.42. The van der Waals surface area contributed by atoms with Gasteiger partial charge in [0.05, 0.1) is 5.69 Å². The van der Waals surface area contributed by atoms with Gasteiger partial charge >= 0.3 is 0 Å². The third kappa shape index (κ3) is 2.01. The molecule has 0 aliphatic carbocycles. The number of phenols is 2. The van der Waals surface area contributed by atoms with Crippen molar-refractivity contribution in [1.29, 1.82) is 0 Å². The number of hydrogen-bond acceptors (Lipinski definition) is 5. The van der Waals surface area contributed by atoms with Crippen LogP contribution in [0, 0.1) is 0 Å². The van der Waals surface area contributed by atoms with E-state index in [4.69, 9.17) is 0 Å². The van der Waals surface area contributed by atoms with Gasteiger partial charge in [-0.1, -0.05) is 0 Å². The first-order valence-corrected chi connectivity index (χ1v) is 6.85. The van der Waals surface area contributed by atoms with Crippen LogP contribution in [0.25, 0.3) is 11.3 Å². The number of benzene rings is 1. The predicted octanol–water partition coefficient (Wildman–Crippen LogP) is 2.82. The SMILES string of the molecule is Oc1ccc(-c2csc(N3CCCC3)n2)c(O)c1. The first-order valence-electron chi connectivity index (χ1n) is 5.97. The van der Waals surface area contributed by atoms with Crippen LogP contribution >= 0.6 is 11.3 Å². The zero-order chi connectivity index (χ0) is 12.5. The van der Waals surface area contributed by atoms with E-state index in [1.165, 1.54) is 18.9 Å². The molecule has 18 heavy (non-hydrogen) atoms. The molecule has 1 aliphatic heterocycles. The molecule has 5 heteroatoms. The third-order valence-corrected chi connectivity index (χ3v) is 4.03. The molecule has 0 bridgehead atoms. The summed E-state index contributed by atoms with van der Waals surface area (Å²) in [5.74, 6) is 0.125. The van der Waals surface area contributed by atoms with Crippen LogP contribution in [0.5, 0.6) is 11.5 Å². The van der Waals surface area contributed by atoms with Crippen LogP contribution < -0.4 is 4.90 Å². The second kappa shape index (κ2) is 4.49. The smallest absolute Gasteiger partial charge is 0.185 e. The molecule has 1 aliphatic rings. The van der Waals surface area contributed by atoms with Crippen molar-refractivity contribution in [2.24, 2.45) is 0 Å². The van der Waals surface area contributed by atoms with Gasteiger partial charge < -0.3 is 15.1 Å². The van der Waals surface area contributed by atoms with E-state index < -0.39 is 0 Å². The lowest BCUT2D eigenvalue weighted by Gasteiger charge is -2.12. The molecule has 0 spiro atoms. The van der Waals surface area contributed by atoms with Gasteiger partial charge in [-0.2, -0.15) is 0 Å². The third-order valence-electron chi connectivity index (χ3n) is 3.13. The molecule has 94 valence electrons. The average molecular weight is 262 g/mol. The minimum atomic E-state index is 0.0613. The minimum Gasteiger partial charge on any atom is -0.508 e. The highest BCUT2D eigenvalue weighted by atomic mass is 32.1. The van der Waals surface area contributed by atoms with Gasteiger partial charge in [-0.3, -0.25) is 0 Å². The molecule has 1 aromatic carbocycles. The Bertz CT molecular complexity index is 562. The summed E-state index contributed by atoms with van der Waals surface area (Å²) in [4.78, 5) is 6.83. The van der Waals surface area contributed by atoms with Crippen LogP contribution in [0.15, 0.2) is 23.6 Å². The lowest BCUT2D eigenvalue weighted by molar-refractivity contribution is 0.452. The lowest BCUT2D eigenvalue weighted by Crippen LogP contribution is -2.17. The Balaban J connectivity index is 1.92. The van der Waals surface area contributed by atoms with Crippen molar-refractivity contribution in [2.75, 3.05) is 18.0 Å². The summed E-state index contributed by atoms with van der Waals surface area (Å²) in [5, 5.41) is 22.0. The molecule has 0 radical (unpaired) electrons. The Hall–Kier alpha value is -1.75. The highest BCUT2D eigenvalue weighted by molar-refractivity contribution is 7.14. The van der Waals surface area contributed by atoms with Gasteiger partial charge in [0.2, 0.25) is 0 Å². The number of aromatic nitrogens is 1. The molecule has 2 N–H and O–H groups in total. The molecule has 2 aromatic rings. The first kappa shape index (κ1) is 11.3. The topological polar surface area (TPSA) is 56.6 Å². The molecule has 4 nitrogen and oxygen atoms in total. The van der Waals surface area contributed by atoms with Gasteiger partial charge in [0.25, 0.3) is 0 Å². The van der Waals surface area contributed by atoms with E-state index in [1.54, 1.807) is 23.5 Å². The Morgan fingerprint density at radius 3 is 2.67 bits per heavy atom. The fourth-order valence-electron chi connectivity index (χ4n) is 2.18. The van der Waals surface area contributed by atoms with Crippen molar-refractivity contribution >= 4 is 16.5 Å². The summed E-state index contributed by atoms with van der Waals surface area (Å²) < 4.78 is 0. The molecule has 0 atom stereocenters. The highest BCUT2D eigenvalue weighted by Gasteiger charge is 2.17. The molecule has 1 fully saturated rings. The van der Waals surface area contributed by atoms with Gasteiger partial charge in [-0.25, -0.2) is 4.98 Å². The second-order valence-corrected chi connectivity index (χ2v) is 5.25. The van der Waals surface area contributed by atoms with Crippen LogP contribution in [-0.2, 0) is 0 Å². The molecule has 3 rings (SSSR count). The van der Waals surface area contributed by atoms with Gasteiger partial charge in [-0.05, 0) is 25.0 Å². The van der Waals surface area contributed by atoms with E-state index in [2.05, 4.69) is 9.88 Å². The summed E-state index contributed by atoms with van der Waals surface area (Å²) in [6, 6.07) is 4.58. The first-order chi connectivity index (χ1) is 8.74. The number of thiazole rings is 1. The lowest BCUT2D eigenvalue weighted by atomic mass is 10.1. The van der Waals surface area contributed by atoms with Crippen LogP contribution in [0.3, 0.4) is 0 Å². The minimum absolute atomic E-state index is 0.0613. The second-order valence-electron chi connectivity index (χ2n) is 4.41. The maximum absolute atomic E-state index is 9.81. The van der Waals surface area contributed by atoms with Crippen molar-refractivity contribution in [3.8, 4) is 22.8 Å². The van der Waals surface area contributed by atoms with Crippen molar-refractivity contribution < 1.29 is 10.2 Å². The predicted molar refractivity (Wildman–Crippen MR) is 72.3 cm³/mol. The van der Waals surface area contributed by atoms with Crippen LogP contribution in [0.4, 0.5) is 5.13 Å². The number of rotatable bonds is 2. The molecular weight excluding hydrogens is 248 g/mol. The van der Waals surface area contributed by atoms with Gasteiger partial charge in [0.1, 0.15) is 11.5 Å². The number of nitrogens with zero attached hydrogens (tertiary/aromatic N) is 2. The van der Waals surface area contributed by atoms with Crippen molar-refractivity contribution in [3.63, 3.8) is 0 Å². The van der Waals surface area contributed by atoms with E-state index in [9.17, 15) is 10.2 Å². The normalized spacial score (nSPS) is 15.2. The summed E-state index contributed by atoms with van der Waals surface area (Å²) in [6.45, 7) is 2.13. The summed E-state index contributed by atoms with van der Waals surface area (Å²) >= 11 is 1.60. The fourth-order valence-corrected chi connectivity index (χ4v) is 3.06. The van der Waals surface area contributed by atoms with Crippen molar-refractivity contribution in [1.82, 2.24) is 4.98 Å². The zero-order valence-electron chi connectivity index (χ0n) is 9.83. The maximum Gasteiger partial charge on any atom is 0.185 e. The molecule has 1 saturated heterocycles. The van der Waals surface area contributed by atoms with Crippen LogP contribution in [0.1, 0.15) is 12.8 Å². The van der Waals surface area contributed by atoms with E-state index in [1.807, 2.05) is 5.38 Å².